The van der Waals surface area contributed by atoms with Crippen LogP contribution in [0.15, 0.2) is 18.2 Å². The van der Waals surface area contributed by atoms with Crippen molar-refractivity contribution in [3.63, 3.8) is 0 Å². The second-order valence-electron chi connectivity index (χ2n) is 7.62. The van der Waals surface area contributed by atoms with E-state index in [1.54, 1.807) is 32.2 Å². The molecule has 6 nitrogen and oxygen atoms in total. The van der Waals surface area contributed by atoms with Gasteiger partial charge in [0.15, 0.2) is 0 Å². The molecule has 1 saturated carbocycles. The normalized spacial score (nSPS) is 23.0. The summed E-state index contributed by atoms with van der Waals surface area (Å²) in [6.07, 6.45) is 4.23. The van der Waals surface area contributed by atoms with Gasteiger partial charge in [-0.15, -0.1) is 0 Å². The van der Waals surface area contributed by atoms with Gasteiger partial charge in [0.2, 0.25) is 0 Å². The molecule has 0 heterocycles. The van der Waals surface area contributed by atoms with Crippen LogP contribution < -0.4 is 10.1 Å². The van der Waals surface area contributed by atoms with Crippen LogP contribution in [0.1, 0.15) is 70.2 Å². The van der Waals surface area contributed by atoms with Crippen LogP contribution in [0.5, 0.6) is 5.75 Å². The first-order valence-electron chi connectivity index (χ1n) is 10.2. The third-order valence-electron chi connectivity index (χ3n) is 5.40. The molecule has 0 aliphatic heterocycles. The second-order valence-corrected chi connectivity index (χ2v) is 7.62. The summed E-state index contributed by atoms with van der Waals surface area (Å²) in [5, 5.41) is 2.93. The minimum Gasteiger partial charge on any atom is -0.490 e. The Bertz CT molecular complexity index is 690. The van der Waals surface area contributed by atoms with Gasteiger partial charge < -0.3 is 19.5 Å². The van der Waals surface area contributed by atoms with E-state index in [1.807, 2.05) is 13.8 Å². The second kappa shape index (κ2) is 9.92. The molecule has 1 fully saturated rings. The maximum atomic E-state index is 13.0. The van der Waals surface area contributed by atoms with Crippen LogP contribution in [-0.4, -0.2) is 37.3 Å². The molecule has 0 bridgehead atoms. The number of ether oxygens (including phenoxy) is 3. The molecule has 0 saturated heterocycles. The summed E-state index contributed by atoms with van der Waals surface area (Å²) in [5.41, 5.74) is 0.0100. The van der Waals surface area contributed by atoms with Crippen molar-refractivity contribution < 1.29 is 23.8 Å². The summed E-state index contributed by atoms with van der Waals surface area (Å²) < 4.78 is 16.7. The number of anilines is 1. The molecule has 1 aromatic carbocycles. The molecule has 1 N–H and O–H groups in total. The third-order valence-corrected chi connectivity index (χ3v) is 5.40. The van der Waals surface area contributed by atoms with Gasteiger partial charge in [0.1, 0.15) is 16.9 Å². The molecule has 0 spiro atoms. The minimum atomic E-state index is -0.826. The summed E-state index contributed by atoms with van der Waals surface area (Å²) in [6, 6.07) is 5.06. The maximum absolute atomic E-state index is 13.0. The Morgan fingerprint density at radius 2 is 2.07 bits per heavy atom. The largest absolute Gasteiger partial charge is 0.490 e. The van der Waals surface area contributed by atoms with Gasteiger partial charge in [0.25, 0.3) is 5.91 Å². The Balaban J connectivity index is 2.26. The zero-order chi connectivity index (χ0) is 20.7. The Labute approximate surface area is 167 Å². The van der Waals surface area contributed by atoms with E-state index in [1.165, 1.54) is 0 Å². The summed E-state index contributed by atoms with van der Waals surface area (Å²) in [4.78, 5) is 25.4. The Morgan fingerprint density at radius 1 is 1.32 bits per heavy atom. The van der Waals surface area contributed by atoms with E-state index in [2.05, 4.69) is 12.2 Å². The van der Waals surface area contributed by atoms with Crippen molar-refractivity contribution in [2.24, 2.45) is 5.92 Å². The van der Waals surface area contributed by atoms with Gasteiger partial charge in [-0.1, -0.05) is 20.3 Å². The number of hydrogen-bond acceptors (Lipinski definition) is 5. The number of carbonyl (C=O) groups is 2. The predicted octanol–water partition coefficient (Wildman–Crippen LogP) is 4.57. The molecule has 1 amide bonds. The van der Waals surface area contributed by atoms with Crippen LogP contribution in [0, 0.1) is 5.92 Å². The van der Waals surface area contributed by atoms with E-state index in [4.69, 9.17) is 14.2 Å². The highest BCUT2D eigenvalue weighted by atomic mass is 16.5. The highest BCUT2D eigenvalue weighted by Crippen LogP contribution is 2.36. The van der Waals surface area contributed by atoms with Crippen molar-refractivity contribution in [3.05, 3.63) is 23.8 Å². The van der Waals surface area contributed by atoms with Crippen LogP contribution in [0.4, 0.5) is 5.69 Å². The number of rotatable bonds is 8. The first-order chi connectivity index (χ1) is 13.3. The molecule has 1 aromatic rings. The molecular weight excluding hydrogens is 358 g/mol. The molecule has 2 rings (SSSR count). The molecule has 28 heavy (non-hydrogen) atoms. The molecule has 1 aliphatic carbocycles. The van der Waals surface area contributed by atoms with Crippen molar-refractivity contribution in [1.82, 2.24) is 0 Å². The lowest BCUT2D eigenvalue weighted by Crippen LogP contribution is -2.47. The van der Waals surface area contributed by atoms with E-state index >= 15 is 0 Å². The molecule has 6 heteroatoms. The Hall–Kier alpha value is -2.08. The van der Waals surface area contributed by atoms with Gasteiger partial charge in [-0.05, 0) is 63.6 Å². The Morgan fingerprint density at radius 3 is 2.68 bits per heavy atom. The fourth-order valence-corrected chi connectivity index (χ4v) is 3.61. The van der Waals surface area contributed by atoms with E-state index in [9.17, 15) is 9.59 Å². The number of hydrogen-bond donors (Lipinski definition) is 1. The quantitative estimate of drug-likeness (QED) is 0.657. The van der Waals surface area contributed by atoms with Crippen molar-refractivity contribution in [2.45, 2.75) is 71.5 Å². The fourth-order valence-electron chi connectivity index (χ4n) is 3.61. The zero-order valence-electron chi connectivity index (χ0n) is 17.7. The third kappa shape index (κ3) is 5.25. The van der Waals surface area contributed by atoms with Crippen LogP contribution in [0.2, 0.25) is 0 Å². The van der Waals surface area contributed by atoms with Gasteiger partial charge in [0, 0.05) is 12.8 Å². The van der Waals surface area contributed by atoms with E-state index in [0.717, 1.165) is 19.3 Å². The van der Waals surface area contributed by atoms with Crippen molar-refractivity contribution >= 4 is 17.6 Å². The molecule has 0 radical (unpaired) electrons. The molecule has 3 atom stereocenters. The molecule has 0 unspecified atom stereocenters. The van der Waals surface area contributed by atoms with Gasteiger partial charge >= 0.3 is 5.97 Å². The SMILES string of the molecule is CCOC(=O)c1cc(NC(=O)[C@]2(OC)CCC[C@H](C)C2)ccc1O[C@H](C)CC. The summed E-state index contributed by atoms with van der Waals surface area (Å²) >= 11 is 0. The predicted molar refractivity (Wildman–Crippen MR) is 109 cm³/mol. The molecule has 156 valence electrons. The van der Waals surface area contributed by atoms with Crippen molar-refractivity contribution in [1.29, 1.82) is 0 Å². The number of methoxy groups -OCH3 is 1. The number of esters is 1. The number of carbonyl (C=O) groups excluding carboxylic acids is 2. The number of amides is 1. The molecule has 0 aromatic heterocycles. The van der Waals surface area contributed by atoms with E-state index in [-0.39, 0.29) is 18.6 Å². The van der Waals surface area contributed by atoms with Crippen LogP contribution >= 0.6 is 0 Å². The van der Waals surface area contributed by atoms with Gasteiger partial charge in [-0.3, -0.25) is 4.79 Å². The lowest BCUT2D eigenvalue weighted by atomic mass is 9.78. The Kier molecular flexibility index (Phi) is 7.87. The monoisotopic (exact) mass is 391 g/mol. The first-order valence-corrected chi connectivity index (χ1v) is 10.2. The number of nitrogens with one attached hydrogen (secondary N) is 1. The fraction of sp³-hybridized carbons (Fsp3) is 0.636. The lowest BCUT2D eigenvalue weighted by Gasteiger charge is -2.37. The first kappa shape index (κ1) is 22.2. The van der Waals surface area contributed by atoms with Crippen LogP contribution in [0.25, 0.3) is 0 Å². The maximum Gasteiger partial charge on any atom is 0.341 e. The topological polar surface area (TPSA) is 73.9 Å². The highest BCUT2D eigenvalue weighted by Gasteiger charge is 2.42. The molecular formula is C22H33NO5. The van der Waals surface area contributed by atoms with Gasteiger partial charge in [-0.25, -0.2) is 4.79 Å². The smallest absolute Gasteiger partial charge is 0.341 e. The average molecular weight is 392 g/mol. The van der Waals surface area contributed by atoms with Gasteiger partial charge in [0.05, 0.1) is 12.7 Å². The zero-order valence-corrected chi connectivity index (χ0v) is 17.7. The standard InChI is InChI=1S/C22H33NO5/c1-6-16(4)28-19-11-10-17(13-18(19)20(24)27-7-2)23-21(25)22(26-5)12-8-9-15(3)14-22/h10-11,13,15-16H,6-9,12,14H2,1-5H3,(H,23,25)/t15-,16+,22-/m0/s1. The van der Waals surface area contributed by atoms with E-state index in [0.29, 0.717) is 35.8 Å². The average Bonchev–Trinajstić information content (AvgIpc) is 2.68. The van der Waals surface area contributed by atoms with Crippen molar-refractivity contribution in [3.8, 4) is 5.75 Å². The highest BCUT2D eigenvalue weighted by molar-refractivity contribution is 5.99. The summed E-state index contributed by atoms with van der Waals surface area (Å²) in [6.45, 7) is 8.12. The minimum absolute atomic E-state index is 0.0332. The number of benzene rings is 1. The summed E-state index contributed by atoms with van der Waals surface area (Å²) in [5.74, 6) is 0.246. The van der Waals surface area contributed by atoms with Crippen LogP contribution in [-0.2, 0) is 14.3 Å². The van der Waals surface area contributed by atoms with Crippen molar-refractivity contribution in [2.75, 3.05) is 19.0 Å². The summed E-state index contributed by atoms with van der Waals surface area (Å²) in [7, 11) is 1.59. The van der Waals surface area contributed by atoms with E-state index < -0.39 is 11.6 Å². The lowest BCUT2D eigenvalue weighted by molar-refractivity contribution is -0.143. The van der Waals surface area contributed by atoms with Crippen LogP contribution in [0.3, 0.4) is 0 Å². The van der Waals surface area contributed by atoms with Gasteiger partial charge in [-0.2, -0.15) is 0 Å². The molecule has 1 aliphatic rings.